The summed E-state index contributed by atoms with van der Waals surface area (Å²) in [4.78, 5) is 11.8. The van der Waals surface area contributed by atoms with Crippen LogP contribution in [0.1, 0.15) is 31.2 Å². The molecule has 3 rings (SSSR count). The molecular weight excluding hydrogens is 248 g/mol. The molecule has 0 saturated heterocycles. The van der Waals surface area contributed by atoms with E-state index in [4.69, 9.17) is 9.47 Å². The van der Waals surface area contributed by atoms with Crippen molar-refractivity contribution >= 4 is 5.97 Å². The fourth-order valence-electron chi connectivity index (χ4n) is 3.12. The predicted octanol–water partition coefficient (Wildman–Crippen LogP) is 2.06. The Hall–Kier alpha value is -1.91. The Labute approximate surface area is 110 Å². The van der Waals surface area contributed by atoms with Crippen LogP contribution in [0.4, 0.5) is 0 Å². The van der Waals surface area contributed by atoms with E-state index in [1.807, 2.05) is 0 Å². The van der Waals surface area contributed by atoms with E-state index in [0.29, 0.717) is 43.1 Å². The van der Waals surface area contributed by atoms with E-state index in [1.54, 1.807) is 6.07 Å². The molecule has 1 heterocycles. The molecule has 1 aliphatic carbocycles. The quantitative estimate of drug-likeness (QED) is 0.855. The second-order valence-electron chi connectivity index (χ2n) is 5.08. The molecule has 1 aliphatic heterocycles. The summed E-state index contributed by atoms with van der Waals surface area (Å²) in [5, 5.41) is 19.8. The summed E-state index contributed by atoms with van der Waals surface area (Å²) in [5.41, 5.74) is -0.662. The number of aliphatic carboxylic acids is 1. The van der Waals surface area contributed by atoms with Crippen LogP contribution in [0.5, 0.6) is 17.2 Å². The normalized spacial score (nSPS) is 20.2. The van der Waals surface area contributed by atoms with Gasteiger partial charge in [0.15, 0.2) is 11.5 Å². The van der Waals surface area contributed by atoms with Crippen molar-refractivity contribution < 1.29 is 24.5 Å². The fourth-order valence-corrected chi connectivity index (χ4v) is 3.12. The third kappa shape index (κ3) is 1.72. The number of ether oxygens (including phenoxy) is 2. The number of phenolic OH excluding ortho intramolecular Hbond substituents is 1. The molecule has 19 heavy (non-hydrogen) atoms. The average molecular weight is 264 g/mol. The molecule has 1 aromatic carbocycles. The smallest absolute Gasteiger partial charge is 0.314 e. The largest absolute Gasteiger partial charge is 0.507 e. The maximum absolute atomic E-state index is 11.8. The van der Waals surface area contributed by atoms with Gasteiger partial charge in [0.2, 0.25) is 0 Å². The zero-order valence-electron chi connectivity index (χ0n) is 10.5. The highest BCUT2D eigenvalue weighted by atomic mass is 16.6. The van der Waals surface area contributed by atoms with Crippen LogP contribution < -0.4 is 9.47 Å². The lowest BCUT2D eigenvalue weighted by Crippen LogP contribution is -2.34. The summed E-state index contributed by atoms with van der Waals surface area (Å²) in [5.74, 6) is -0.00134. The molecule has 2 aliphatic rings. The van der Waals surface area contributed by atoms with Gasteiger partial charge < -0.3 is 19.7 Å². The van der Waals surface area contributed by atoms with E-state index >= 15 is 0 Å². The first-order chi connectivity index (χ1) is 9.15. The molecule has 0 atom stereocenters. The molecule has 0 amide bonds. The van der Waals surface area contributed by atoms with Gasteiger partial charge in [-0.3, -0.25) is 4.79 Å². The molecule has 0 radical (unpaired) electrons. The van der Waals surface area contributed by atoms with Gasteiger partial charge in [-0.15, -0.1) is 0 Å². The molecule has 5 nitrogen and oxygen atoms in total. The minimum Gasteiger partial charge on any atom is -0.507 e. The van der Waals surface area contributed by atoms with Crippen LogP contribution in [0.15, 0.2) is 12.1 Å². The Morgan fingerprint density at radius 3 is 2.53 bits per heavy atom. The molecule has 2 N–H and O–H groups in total. The SMILES string of the molecule is O=C(O)C1(c2c(O)ccc3c2OCCO3)CCCC1. The number of aromatic hydroxyl groups is 1. The van der Waals surface area contributed by atoms with E-state index in [1.165, 1.54) is 6.07 Å². The second-order valence-corrected chi connectivity index (χ2v) is 5.08. The molecule has 1 saturated carbocycles. The van der Waals surface area contributed by atoms with E-state index in [2.05, 4.69) is 0 Å². The van der Waals surface area contributed by atoms with Crippen molar-refractivity contribution in [3.05, 3.63) is 17.7 Å². The highest BCUT2D eigenvalue weighted by Gasteiger charge is 2.47. The Bertz CT molecular complexity index is 517. The first-order valence-electron chi connectivity index (χ1n) is 6.50. The minimum absolute atomic E-state index is 0.0199. The molecule has 0 unspecified atom stereocenters. The van der Waals surface area contributed by atoms with Gasteiger partial charge in [-0.05, 0) is 25.0 Å². The maximum atomic E-state index is 11.8. The maximum Gasteiger partial charge on any atom is 0.314 e. The van der Waals surface area contributed by atoms with Gasteiger partial charge in [-0.25, -0.2) is 0 Å². The molecule has 0 bridgehead atoms. The van der Waals surface area contributed by atoms with Crippen LogP contribution in [-0.2, 0) is 10.2 Å². The highest BCUT2D eigenvalue weighted by molar-refractivity contribution is 5.85. The lowest BCUT2D eigenvalue weighted by atomic mass is 9.77. The number of hydrogen-bond acceptors (Lipinski definition) is 4. The van der Waals surface area contributed by atoms with E-state index in [9.17, 15) is 15.0 Å². The number of rotatable bonds is 2. The summed E-state index contributed by atoms with van der Waals surface area (Å²) in [6, 6.07) is 3.11. The summed E-state index contributed by atoms with van der Waals surface area (Å²) in [6.07, 6.45) is 2.73. The molecule has 5 heteroatoms. The van der Waals surface area contributed by atoms with Gasteiger partial charge in [0.25, 0.3) is 0 Å². The van der Waals surface area contributed by atoms with Crippen LogP contribution in [0.3, 0.4) is 0 Å². The van der Waals surface area contributed by atoms with Gasteiger partial charge in [0.05, 0.1) is 5.56 Å². The molecule has 1 fully saturated rings. The molecule has 102 valence electrons. The van der Waals surface area contributed by atoms with E-state index in [0.717, 1.165) is 12.8 Å². The van der Waals surface area contributed by atoms with Gasteiger partial charge in [0, 0.05) is 0 Å². The van der Waals surface area contributed by atoms with Gasteiger partial charge in [-0.2, -0.15) is 0 Å². The average Bonchev–Trinajstić information content (AvgIpc) is 2.89. The van der Waals surface area contributed by atoms with Crippen molar-refractivity contribution in [3.8, 4) is 17.2 Å². The van der Waals surface area contributed by atoms with Crippen molar-refractivity contribution in [2.75, 3.05) is 13.2 Å². The summed E-state index contributed by atoms with van der Waals surface area (Å²) >= 11 is 0. The van der Waals surface area contributed by atoms with Crippen molar-refractivity contribution in [2.45, 2.75) is 31.1 Å². The number of hydrogen-bond donors (Lipinski definition) is 2. The van der Waals surface area contributed by atoms with Crippen LogP contribution >= 0.6 is 0 Å². The van der Waals surface area contributed by atoms with Crippen LogP contribution in [-0.4, -0.2) is 29.4 Å². The topological polar surface area (TPSA) is 76.0 Å². The Morgan fingerprint density at radius 2 is 1.84 bits per heavy atom. The van der Waals surface area contributed by atoms with E-state index in [-0.39, 0.29) is 5.75 Å². The molecule has 0 spiro atoms. The zero-order valence-corrected chi connectivity index (χ0v) is 10.5. The second kappa shape index (κ2) is 4.33. The van der Waals surface area contributed by atoms with Gasteiger partial charge in [-0.1, -0.05) is 12.8 Å². The Kier molecular flexibility index (Phi) is 2.77. The summed E-state index contributed by atoms with van der Waals surface area (Å²) in [7, 11) is 0. The monoisotopic (exact) mass is 264 g/mol. The summed E-state index contributed by atoms with van der Waals surface area (Å²) in [6.45, 7) is 0.816. The van der Waals surface area contributed by atoms with Crippen molar-refractivity contribution in [3.63, 3.8) is 0 Å². The van der Waals surface area contributed by atoms with Crippen molar-refractivity contribution in [1.82, 2.24) is 0 Å². The van der Waals surface area contributed by atoms with Crippen molar-refractivity contribution in [1.29, 1.82) is 0 Å². The third-order valence-electron chi connectivity index (χ3n) is 4.03. The Morgan fingerprint density at radius 1 is 1.16 bits per heavy atom. The first kappa shape index (κ1) is 12.1. The Balaban J connectivity index is 2.20. The molecule has 0 aromatic heterocycles. The van der Waals surface area contributed by atoms with Crippen LogP contribution in [0, 0.1) is 0 Å². The standard InChI is InChI=1S/C14H16O5/c15-9-3-4-10-12(19-8-7-18-10)11(9)14(13(16)17)5-1-2-6-14/h3-4,15H,1-2,5-8H2,(H,16,17). The number of benzene rings is 1. The van der Waals surface area contributed by atoms with Crippen molar-refractivity contribution in [2.24, 2.45) is 0 Å². The fraction of sp³-hybridized carbons (Fsp3) is 0.500. The third-order valence-corrected chi connectivity index (χ3v) is 4.03. The first-order valence-corrected chi connectivity index (χ1v) is 6.50. The van der Waals surface area contributed by atoms with Gasteiger partial charge >= 0.3 is 5.97 Å². The minimum atomic E-state index is -1.05. The predicted molar refractivity (Wildman–Crippen MR) is 66.9 cm³/mol. The van der Waals surface area contributed by atoms with Crippen LogP contribution in [0.2, 0.25) is 0 Å². The number of fused-ring (bicyclic) bond motifs is 1. The molecule has 1 aromatic rings. The lowest BCUT2D eigenvalue weighted by molar-refractivity contribution is -0.143. The summed E-state index contributed by atoms with van der Waals surface area (Å²) < 4.78 is 11.0. The number of carbonyl (C=O) groups is 1. The number of phenols is 1. The van der Waals surface area contributed by atoms with E-state index < -0.39 is 11.4 Å². The van der Waals surface area contributed by atoms with Gasteiger partial charge in [0.1, 0.15) is 24.4 Å². The number of carboxylic acid groups (broad SMARTS) is 1. The number of carboxylic acids is 1. The van der Waals surface area contributed by atoms with Crippen LogP contribution in [0.25, 0.3) is 0 Å². The highest BCUT2D eigenvalue weighted by Crippen LogP contribution is 2.52. The zero-order chi connectivity index (χ0) is 13.5. The molecular formula is C14H16O5. The lowest BCUT2D eigenvalue weighted by Gasteiger charge is -2.30.